The zero-order chi connectivity index (χ0) is 17.5. The zero-order valence-electron chi connectivity index (χ0n) is 14.8. The summed E-state index contributed by atoms with van der Waals surface area (Å²) < 4.78 is 0. The van der Waals surface area contributed by atoms with E-state index in [2.05, 4.69) is 41.8 Å². The summed E-state index contributed by atoms with van der Waals surface area (Å²) in [7, 11) is 0. The lowest BCUT2D eigenvalue weighted by atomic mass is 10.1. The van der Waals surface area contributed by atoms with Crippen molar-refractivity contribution in [1.29, 1.82) is 0 Å². The van der Waals surface area contributed by atoms with E-state index >= 15 is 0 Å². The number of hydrogen-bond acceptors (Lipinski definition) is 2. The van der Waals surface area contributed by atoms with Crippen molar-refractivity contribution in [2.24, 2.45) is 10.9 Å². The first-order valence-corrected chi connectivity index (χ1v) is 9.05. The van der Waals surface area contributed by atoms with E-state index in [0.29, 0.717) is 12.5 Å². The maximum Gasteiger partial charge on any atom is 0.196 e. The van der Waals surface area contributed by atoms with E-state index in [4.69, 9.17) is 4.99 Å². The summed E-state index contributed by atoms with van der Waals surface area (Å²) in [6.07, 6.45) is 2.90. The molecule has 2 atom stereocenters. The highest BCUT2D eigenvalue weighted by Gasteiger charge is 2.25. The second-order valence-electron chi connectivity index (χ2n) is 6.78. The number of guanidine groups is 1. The van der Waals surface area contributed by atoms with Gasteiger partial charge >= 0.3 is 0 Å². The average molecular weight is 337 g/mol. The minimum absolute atomic E-state index is 0.192. The number of aliphatic imine (C=N–C) groups is 1. The van der Waals surface area contributed by atoms with E-state index < -0.39 is 0 Å². The molecule has 1 fully saturated rings. The highest BCUT2D eigenvalue weighted by Crippen LogP contribution is 2.24. The number of benzene rings is 2. The number of anilines is 1. The molecule has 0 amide bonds. The van der Waals surface area contributed by atoms with Crippen LogP contribution in [0.15, 0.2) is 59.6 Å². The van der Waals surface area contributed by atoms with Crippen molar-refractivity contribution >= 4 is 11.6 Å². The molecule has 0 spiro atoms. The Kier molecular flexibility index (Phi) is 6.07. The van der Waals surface area contributed by atoms with Crippen LogP contribution in [0.3, 0.4) is 0 Å². The number of aliphatic hydroxyl groups is 1. The van der Waals surface area contributed by atoms with Crippen molar-refractivity contribution in [2.75, 3.05) is 11.9 Å². The molecule has 0 bridgehead atoms. The molecule has 2 unspecified atom stereocenters. The molecule has 0 radical (unpaired) electrons. The van der Waals surface area contributed by atoms with Crippen molar-refractivity contribution in [3.8, 4) is 0 Å². The molecule has 1 aliphatic rings. The summed E-state index contributed by atoms with van der Waals surface area (Å²) in [5, 5.41) is 16.8. The Morgan fingerprint density at radius 3 is 2.52 bits per heavy atom. The number of aryl methyl sites for hydroxylation is 1. The first-order chi connectivity index (χ1) is 12.2. The lowest BCUT2D eigenvalue weighted by Gasteiger charge is -2.18. The van der Waals surface area contributed by atoms with Gasteiger partial charge < -0.3 is 15.7 Å². The SMILES string of the molecule is Cc1ccc(CN=C(NCC2CCCC2O)Nc2ccccc2)cc1. The monoisotopic (exact) mass is 337 g/mol. The molecule has 2 aromatic carbocycles. The molecule has 0 aromatic heterocycles. The molecule has 2 aromatic rings. The third kappa shape index (κ3) is 5.33. The lowest BCUT2D eigenvalue weighted by Crippen LogP contribution is -2.36. The Labute approximate surface area is 150 Å². The minimum Gasteiger partial charge on any atom is -0.393 e. The number of para-hydroxylation sites is 1. The number of hydrogen-bond donors (Lipinski definition) is 3. The molecule has 1 saturated carbocycles. The van der Waals surface area contributed by atoms with Gasteiger partial charge in [-0.25, -0.2) is 4.99 Å². The van der Waals surface area contributed by atoms with Gasteiger partial charge in [-0.2, -0.15) is 0 Å². The van der Waals surface area contributed by atoms with E-state index in [0.717, 1.165) is 37.5 Å². The average Bonchev–Trinajstić information content (AvgIpc) is 3.04. The molecular weight excluding hydrogens is 310 g/mol. The normalized spacial score (nSPS) is 20.5. The molecule has 4 heteroatoms. The number of nitrogens with zero attached hydrogens (tertiary/aromatic N) is 1. The fourth-order valence-electron chi connectivity index (χ4n) is 3.14. The van der Waals surface area contributed by atoms with Crippen LogP contribution in [0, 0.1) is 12.8 Å². The van der Waals surface area contributed by atoms with Crippen LogP contribution in [-0.2, 0) is 6.54 Å². The van der Waals surface area contributed by atoms with Crippen molar-refractivity contribution in [2.45, 2.75) is 38.8 Å². The molecule has 4 nitrogen and oxygen atoms in total. The smallest absolute Gasteiger partial charge is 0.196 e. The molecule has 0 heterocycles. The van der Waals surface area contributed by atoms with Crippen LogP contribution in [0.2, 0.25) is 0 Å². The Hall–Kier alpha value is -2.33. The van der Waals surface area contributed by atoms with Crippen LogP contribution in [0.25, 0.3) is 0 Å². The Balaban J connectivity index is 1.66. The van der Waals surface area contributed by atoms with Gasteiger partial charge in [-0.3, -0.25) is 0 Å². The van der Waals surface area contributed by atoms with Gasteiger partial charge in [0, 0.05) is 18.2 Å². The molecule has 3 N–H and O–H groups in total. The molecule has 132 valence electrons. The molecule has 1 aliphatic carbocycles. The van der Waals surface area contributed by atoms with Crippen LogP contribution in [-0.4, -0.2) is 23.7 Å². The summed E-state index contributed by atoms with van der Waals surface area (Å²) in [6, 6.07) is 18.5. The van der Waals surface area contributed by atoms with E-state index in [1.165, 1.54) is 11.1 Å². The maximum atomic E-state index is 10.0. The van der Waals surface area contributed by atoms with Crippen LogP contribution >= 0.6 is 0 Å². The van der Waals surface area contributed by atoms with Crippen LogP contribution in [0.5, 0.6) is 0 Å². The van der Waals surface area contributed by atoms with Gasteiger partial charge in [0.25, 0.3) is 0 Å². The lowest BCUT2D eigenvalue weighted by molar-refractivity contribution is 0.134. The summed E-state index contributed by atoms with van der Waals surface area (Å²) in [4.78, 5) is 4.72. The quantitative estimate of drug-likeness (QED) is 0.576. The Bertz CT molecular complexity index is 682. The Morgan fingerprint density at radius 1 is 1.08 bits per heavy atom. The molecule has 25 heavy (non-hydrogen) atoms. The number of aliphatic hydroxyl groups excluding tert-OH is 1. The van der Waals surface area contributed by atoms with E-state index in [1.54, 1.807) is 0 Å². The van der Waals surface area contributed by atoms with Crippen LogP contribution < -0.4 is 10.6 Å². The number of nitrogens with one attached hydrogen (secondary N) is 2. The predicted octanol–water partition coefficient (Wildman–Crippen LogP) is 3.71. The van der Waals surface area contributed by atoms with Crippen molar-refractivity contribution in [3.63, 3.8) is 0 Å². The van der Waals surface area contributed by atoms with E-state index in [-0.39, 0.29) is 6.10 Å². The standard InChI is InChI=1S/C21H27N3O/c1-16-10-12-17(13-11-16)14-22-21(24-19-7-3-2-4-8-19)23-15-18-6-5-9-20(18)25/h2-4,7-8,10-13,18,20,25H,5-6,9,14-15H2,1H3,(H2,22,23,24). The fourth-order valence-corrected chi connectivity index (χ4v) is 3.14. The van der Waals surface area contributed by atoms with Gasteiger partial charge in [0.05, 0.1) is 12.6 Å². The first kappa shape index (κ1) is 17.5. The van der Waals surface area contributed by atoms with Crippen LogP contribution in [0.1, 0.15) is 30.4 Å². The highest BCUT2D eigenvalue weighted by molar-refractivity contribution is 5.93. The second-order valence-corrected chi connectivity index (χ2v) is 6.78. The third-order valence-corrected chi connectivity index (χ3v) is 4.73. The summed E-state index contributed by atoms with van der Waals surface area (Å²) in [5.41, 5.74) is 3.44. The topological polar surface area (TPSA) is 56.7 Å². The van der Waals surface area contributed by atoms with Gasteiger partial charge in [0.1, 0.15) is 0 Å². The maximum absolute atomic E-state index is 10.0. The van der Waals surface area contributed by atoms with Gasteiger partial charge in [-0.1, -0.05) is 54.4 Å². The van der Waals surface area contributed by atoms with Gasteiger partial charge in [-0.05, 0) is 37.5 Å². The summed E-state index contributed by atoms with van der Waals surface area (Å²) in [5.74, 6) is 1.06. The van der Waals surface area contributed by atoms with Gasteiger partial charge in [-0.15, -0.1) is 0 Å². The third-order valence-electron chi connectivity index (χ3n) is 4.73. The molecule has 0 aliphatic heterocycles. The Morgan fingerprint density at radius 2 is 1.84 bits per heavy atom. The van der Waals surface area contributed by atoms with Gasteiger partial charge in [0.2, 0.25) is 0 Å². The van der Waals surface area contributed by atoms with Gasteiger partial charge in [0.15, 0.2) is 5.96 Å². The summed E-state index contributed by atoms with van der Waals surface area (Å²) in [6.45, 7) is 3.45. The fraction of sp³-hybridized carbons (Fsp3) is 0.381. The first-order valence-electron chi connectivity index (χ1n) is 9.05. The van der Waals surface area contributed by atoms with Crippen molar-refractivity contribution in [1.82, 2.24) is 5.32 Å². The van der Waals surface area contributed by atoms with Crippen molar-refractivity contribution < 1.29 is 5.11 Å². The number of rotatable bonds is 5. The highest BCUT2D eigenvalue weighted by atomic mass is 16.3. The minimum atomic E-state index is -0.192. The van der Waals surface area contributed by atoms with E-state index in [9.17, 15) is 5.11 Å². The van der Waals surface area contributed by atoms with Crippen LogP contribution in [0.4, 0.5) is 5.69 Å². The van der Waals surface area contributed by atoms with E-state index in [1.807, 2.05) is 30.3 Å². The molecule has 0 saturated heterocycles. The van der Waals surface area contributed by atoms with Crippen molar-refractivity contribution in [3.05, 3.63) is 65.7 Å². The summed E-state index contributed by atoms with van der Waals surface area (Å²) >= 11 is 0. The second kappa shape index (κ2) is 8.67. The largest absolute Gasteiger partial charge is 0.393 e. The molecule has 3 rings (SSSR count). The zero-order valence-corrected chi connectivity index (χ0v) is 14.8. The predicted molar refractivity (Wildman–Crippen MR) is 104 cm³/mol. The molecular formula is C21H27N3O.